The van der Waals surface area contributed by atoms with Gasteiger partial charge in [0.05, 0.1) is 12.6 Å². The molecule has 5 heteroatoms. The quantitative estimate of drug-likeness (QED) is 0.643. The van der Waals surface area contributed by atoms with Gasteiger partial charge in [-0.1, -0.05) is 31.5 Å². The van der Waals surface area contributed by atoms with Crippen molar-refractivity contribution in [1.29, 1.82) is 0 Å². The zero-order chi connectivity index (χ0) is 15.7. The second-order valence-electron chi connectivity index (χ2n) is 5.44. The molecule has 0 bridgehead atoms. The fourth-order valence-electron chi connectivity index (χ4n) is 1.70. The standard InChI is InChI=1S/C16H26N2O3/c1-12(2)15(19)8-9-17-16(20)18-10-11-21-14-6-4-13(3)5-7-14/h4-7,12,15,19H,8-11H2,1-3H3,(H2,17,18,20). The molecule has 1 aromatic rings. The molecule has 0 saturated carbocycles. The number of hydrogen-bond donors (Lipinski definition) is 3. The maximum atomic E-state index is 11.5. The Morgan fingerprint density at radius 3 is 2.43 bits per heavy atom. The Labute approximate surface area is 126 Å². The summed E-state index contributed by atoms with van der Waals surface area (Å²) in [6, 6.07) is 7.54. The number of ether oxygens (including phenoxy) is 1. The van der Waals surface area contributed by atoms with Gasteiger partial charge in [0.25, 0.3) is 0 Å². The highest BCUT2D eigenvalue weighted by molar-refractivity contribution is 5.73. The van der Waals surface area contributed by atoms with Crippen LogP contribution in [0.1, 0.15) is 25.8 Å². The molecule has 1 atom stereocenters. The molecule has 0 aliphatic rings. The largest absolute Gasteiger partial charge is 0.492 e. The number of benzene rings is 1. The molecule has 0 spiro atoms. The summed E-state index contributed by atoms with van der Waals surface area (Å²) in [6.45, 7) is 7.24. The number of rotatable bonds is 8. The lowest BCUT2D eigenvalue weighted by atomic mass is 10.0. The SMILES string of the molecule is Cc1ccc(OCCNC(=O)NCCC(O)C(C)C)cc1. The molecule has 0 aliphatic heterocycles. The van der Waals surface area contributed by atoms with E-state index in [0.717, 1.165) is 5.75 Å². The van der Waals surface area contributed by atoms with Crippen LogP contribution in [0.25, 0.3) is 0 Å². The van der Waals surface area contributed by atoms with Gasteiger partial charge in [-0.2, -0.15) is 0 Å². The Kier molecular flexibility index (Phi) is 7.61. The fraction of sp³-hybridized carbons (Fsp3) is 0.562. The average molecular weight is 294 g/mol. The third-order valence-corrected chi connectivity index (χ3v) is 3.17. The summed E-state index contributed by atoms with van der Waals surface area (Å²) in [5.41, 5.74) is 1.18. The lowest BCUT2D eigenvalue weighted by Crippen LogP contribution is -2.39. The molecule has 2 amide bonds. The van der Waals surface area contributed by atoms with Crippen LogP contribution in [0.3, 0.4) is 0 Å². The molecule has 0 radical (unpaired) electrons. The van der Waals surface area contributed by atoms with Gasteiger partial charge in [-0.15, -0.1) is 0 Å². The number of urea groups is 1. The minimum Gasteiger partial charge on any atom is -0.492 e. The van der Waals surface area contributed by atoms with E-state index < -0.39 is 0 Å². The first kappa shape index (κ1) is 17.3. The van der Waals surface area contributed by atoms with Crippen LogP contribution in [-0.4, -0.2) is 36.9 Å². The average Bonchev–Trinajstić information content (AvgIpc) is 2.45. The number of nitrogens with one attached hydrogen (secondary N) is 2. The van der Waals surface area contributed by atoms with E-state index in [1.165, 1.54) is 5.56 Å². The van der Waals surface area contributed by atoms with Gasteiger partial charge in [0.15, 0.2) is 0 Å². The smallest absolute Gasteiger partial charge is 0.314 e. The van der Waals surface area contributed by atoms with Crippen molar-refractivity contribution in [2.45, 2.75) is 33.3 Å². The third-order valence-electron chi connectivity index (χ3n) is 3.17. The van der Waals surface area contributed by atoms with E-state index in [0.29, 0.717) is 26.1 Å². The summed E-state index contributed by atoms with van der Waals surface area (Å²) < 4.78 is 5.50. The molecule has 118 valence electrons. The van der Waals surface area contributed by atoms with Gasteiger partial charge in [0.1, 0.15) is 12.4 Å². The second kappa shape index (κ2) is 9.23. The summed E-state index contributed by atoms with van der Waals surface area (Å²) in [7, 11) is 0. The first-order valence-electron chi connectivity index (χ1n) is 7.38. The number of hydrogen-bond acceptors (Lipinski definition) is 3. The summed E-state index contributed by atoms with van der Waals surface area (Å²) >= 11 is 0. The highest BCUT2D eigenvalue weighted by Gasteiger charge is 2.09. The van der Waals surface area contributed by atoms with Gasteiger partial charge in [-0.3, -0.25) is 0 Å². The van der Waals surface area contributed by atoms with E-state index in [2.05, 4.69) is 10.6 Å². The van der Waals surface area contributed by atoms with Gasteiger partial charge in [0, 0.05) is 6.54 Å². The van der Waals surface area contributed by atoms with E-state index in [1.54, 1.807) is 0 Å². The minimum absolute atomic E-state index is 0.206. The first-order valence-corrected chi connectivity index (χ1v) is 7.38. The molecule has 0 aliphatic carbocycles. The lowest BCUT2D eigenvalue weighted by Gasteiger charge is -2.14. The highest BCUT2D eigenvalue weighted by Crippen LogP contribution is 2.10. The van der Waals surface area contributed by atoms with Crippen LogP contribution < -0.4 is 15.4 Å². The number of aryl methyl sites for hydroxylation is 1. The van der Waals surface area contributed by atoms with Crippen LogP contribution in [-0.2, 0) is 0 Å². The molecular formula is C16H26N2O3. The summed E-state index contributed by atoms with van der Waals surface area (Å²) in [6.07, 6.45) is 0.181. The zero-order valence-electron chi connectivity index (χ0n) is 13.1. The van der Waals surface area contributed by atoms with Crippen molar-refractivity contribution in [3.8, 4) is 5.75 Å². The molecule has 21 heavy (non-hydrogen) atoms. The molecule has 0 aromatic heterocycles. The predicted octanol–water partition coefficient (Wildman–Crippen LogP) is 2.08. The Morgan fingerprint density at radius 2 is 1.81 bits per heavy atom. The number of carbonyl (C=O) groups is 1. The van der Waals surface area contributed by atoms with Crippen LogP contribution in [0.15, 0.2) is 24.3 Å². The summed E-state index contributed by atoms with van der Waals surface area (Å²) in [5.74, 6) is 1.00. The summed E-state index contributed by atoms with van der Waals surface area (Å²) in [5, 5.41) is 15.0. The monoisotopic (exact) mass is 294 g/mol. The van der Waals surface area contributed by atoms with Crippen LogP contribution in [0, 0.1) is 12.8 Å². The van der Waals surface area contributed by atoms with Crippen molar-refractivity contribution >= 4 is 6.03 Å². The third kappa shape index (κ3) is 7.56. The molecule has 1 unspecified atom stereocenters. The highest BCUT2D eigenvalue weighted by atomic mass is 16.5. The van der Waals surface area contributed by atoms with Crippen molar-refractivity contribution in [3.05, 3.63) is 29.8 Å². The predicted molar refractivity (Wildman–Crippen MR) is 83.5 cm³/mol. The van der Waals surface area contributed by atoms with Crippen molar-refractivity contribution in [1.82, 2.24) is 10.6 Å². The first-order chi connectivity index (χ1) is 9.99. The molecule has 0 saturated heterocycles. The maximum Gasteiger partial charge on any atom is 0.314 e. The number of aliphatic hydroxyl groups excluding tert-OH is 1. The van der Waals surface area contributed by atoms with E-state index in [4.69, 9.17) is 4.74 Å². The molecule has 1 rings (SSSR count). The number of aliphatic hydroxyl groups is 1. The molecular weight excluding hydrogens is 268 g/mol. The van der Waals surface area contributed by atoms with Crippen molar-refractivity contribution in [3.63, 3.8) is 0 Å². The molecule has 0 heterocycles. The van der Waals surface area contributed by atoms with E-state index >= 15 is 0 Å². The van der Waals surface area contributed by atoms with E-state index in [9.17, 15) is 9.90 Å². The van der Waals surface area contributed by atoms with Gasteiger partial charge < -0.3 is 20.5 Å². The minimum atomic E-state index is -0.379. The van der Waals surface area contributed by atoms with Crippen LogP contribution in [0.2, 0.25) is 0 Å². The van der Waals surface area contributed by atoms with E-state index in [-0.39, 0.29) is 18.1 Å². The topological polar surface area (TPSA) is 70.6 Å². The van der Waals surface area contributed by atoms with E-state index in [1.807, 2.05) is 45.0 Å². The van der Waals surface area contributed by atoms with Crippen molar-refractivity contribution in [2.75, 3.05) is 19.7 Å². The fourth-order valence-corrected chi connectivity index (χ4v) is 1.70. The second-order valence-corrected chi connectivity index (χ2v) is 5.44. The molecule has 3 N–H and O–H groups in total. The van der Waals surface area contributed by atoms with Gasteiger partial charge >= 0.3 is 6.03 Å². The van der Waals surface area contributed by atoms with Crippen LogP contribution >= 0.6 is 0 Å². The maximum absolute atomic E-state index is 11.5. The molecule has 0 fully saturated rings. The zero-order valence-corrected chi connectivity index (χ0v) is 13.1. The Bertz CT molecular complexity index is 418. The van der Waals surface area contributed by atoms with Crippen LogP contribution in [0.5, 0.6) is 5.75 Å². The Balaban J connectivity index is 2.07. The molecule has 5 nitrogen and oxygen atoms in total. The normalized spacial score (nSPS) is 12.0. The Morgan fingerprint density at radius 1 is 1.19 bits per heavy atom. The van der Waals surface area contributed by atoms with Crippen molar-refractivity contribution < 1.29 is 14.6 Å². The van der Waals surface area contributed by atoms with Gasteiger partial charge in [-0.05, 0) is 31.4 Å². The molecule has 1 aromatic carbocycles. The Hall–Kier alpha value is -1.75. The van der Waals surface area contributed by atoms with Crippen LogP contribution in [0.4, 0.5) is 4.79 Å². The van der Waals surface area contributed by atoms with Crippen molar-refractivity contribution in [2.24, 2.45) is 5.92 Å². The number of amides is 2. The number of carbonyl (C=O) groups excluding carboxylic acids is 1. The summed E-state index contributed by atoms with van der Waals surface area (Å²) in [4.78, 5) is 11.5. The van der Waals surface area contributed by atoms with Gasteiger partial charge in [0.2, 0.25) is 0 Å². The van der Waals surface area contributed by atoms with Gasteiger partial charge in [-0.25, -0.2) is 4.79 Å². The lowest BCUT2D eigenvalue weighted by molar-refractivity contribution is 0.116.